The molecule has 0 spiro atoms. The van der Waals surface area contributed by atoms with E-state index in [-0.39, 0.29) is 11.0 Å². The molecule has 0 amide bonds. The highest BCUT2D eigenvalue weighted by atomic mass is 32.1. The molecular weight excluding hydrogens is 330 g/mol. The number of nitrogens with zero attached hydrogens (tertiary/aromatic N) is 4. The van der Waals surface area contributed by atoms with Crippen LogP contribution in [0.15, 0.2) is 36.0 Å². The Bertz CT molecular complexity index is 889. The molecule has 122 valence electrons. The summed E-state index contributed by atoms with van der Waals surface area (Å²) in [7, 11) is 0. The molecule has 9 nitrogen and oxygen atoms in total. The summed E-state index contributed by atoms with van der Waals surface area (Å²) in [5, 5.41) is 40.1. The van der Waals surface area contributed by atoms with Crippen LogP contribution in [-0.2, 0) is 0 Å². The van der Waals surface area contributed by atoms with Gasteiger partial charge in [0.1, 0.15) is 0 Å². The largest absolute Gasteiger partial charge is 0.710 e. The van der Waals surface area contributed by atoms with Gasteiger partial charge in [-0.25, -0.2) is 4.73 Å². The van der Waals surface area contributed by atoms with Crippen molar-refractivity contribution in [2.75, 3.05) is 12.3 Å². The number of nitrogen functional groups attached to an aromatic ring is 1. The molecule has 0 aliphatic carbocycles. The van der Waals surface area contributed by atoms with E-state index in [1.165, 1.54) is 18.3 Å². The van der Waals surface area contributed by atoms with E-state index in [9.17, 15) is 10.4 Å². The van der Waals surface area contributed by atoms with Gasteiger partial charge in [0.05, 0.1) is 6.21 Å². The van der Waals surface area contributed by atoms with Gasteiger partial charge in [0.15, 0.2) is 11.2 Å². The summed E-state index contributed by atoms with van der Waals surface area (Å²) in [5.41, 5.74) is 8.21. The van der Waals surface area contributed by atoms with E-state index in [4.69, 9.17) is 23.2 Å². The highest BCUT2D eigenvalue weighted by Gasteiger charge is 2.23. The van der Waals surface area contributed by atoms with E-state index in [2.05, 4.69) is 22.4 Å². The lowest BCUT2D eigenvalue weighted by molar-refractivity contribution is -0.620. The number of nitrogens with one attached hydrogen (secondary N) is 2. The van der Waals surface area contributed by atoms with Crippen LogP contribution in [0, 0.1) is 21.7 Å². The number of hydrogen-bond acceptors (Lipinski definition) is 6. The van der Waals surface area contributed by atoms with Crippen molar-refractivity contribution in [3.8, 4) is 6.07 Å². The van der Waals surface area contributed by atoms with Crippen LogP contribution in [0.3, 0.4) is 0 Å². The number of nitrogens with two attached hydrogens (primary N) is 1. The third-order valence-electron chi connectivity index (χ3n) is 2.99. The minimum absolute atomic E-state index is 0.00654. The molecule has 10 heteroatoms. The fourth-order valence-corrected chi connectivity index (χ4v) is 2.01. The normalized spacial score (nSPS) is 10.5. The maximum Gasteiger partial charge on any atom is 0.385 e. The zero-order valence-electron chi connectivity index (χ0n) is 12.4. The molecule has 2 rings (SSSR count). The first-order valence-corrected chi connectivity index (χ1v) is 7.06. The third-order valence-corrected chi connectivity index (χ3v) is 3.23. The second-order valence-corrected chi connectivity index (χ2v) is 4.96. The summed E-state index contributed by atoms with van der Waals surface area (Å²) < 4.78 is 0.663. The second-order valence-electron chi connectivity index (χ2n) is 4.55. The zero-order valence-corrected chi connectivity index (χ0v) is 13.2. The van der Waals surface area contributed by atoms with Crippen molar-refractivity contribution in [3.63, 3.8) is 0 Å². The summed E-state index contributed by atoms with van der Waals surface area (Å²) in [6.07, 6.45) is 3.06. The SMILES string of the molecule is C=CCNC(=S)N/N=C/c1ccc2c(c1)[n+]([O-])c(C#N)c(N)[n+]2[O-]. The van der Waals surface area contributed by atoms with Crippen LogP contribution in [0.1, 0.15) is 11.3 Å². The fraction of sp³-hybridized carbons (Fsp3) is 0.0714. The fourth-order valence-electron chi connectivity index (χ4n) is 1.88. The molecular formula is C14H13N7O2S. The number of rotatable bonds is 4. The molecule has 2 aromatic rings. The quantitative estimate of drug-likeness (QED) is 0.170. The van der Waals surface area contributed by atoms with Crippen molar-refractivity contribution in [1.82, 2.24) is 10.7 Å². The molecule has 0 unspecified atom stereocenters. The van der Waals surface area contributed by atoms with Crippen LogP contribution in [0.25, 0.3) is 11.0 Å². The zero-order chi connectivity index (χ0) is 17.7. The van der Waals surface area contributed by atoms with E-state index in [1.807, 2.05) is 0 Å². The first-order chi connectivity index (χ1) is 11.5. The number of hydrazone groups is 1. The minimum Gasteiger partial charge on any atom is -0.710 e. The van der Waals surface area contributed by atoms with Gasteiger partial charge in [-0.05, 0) is 24.4 Å². The number of aromatic nitrogens is 2. The highest BCUT2D eigenvalue weighted by molar-refractivity contribution is 7.80. The monoisotopic (exact) mass is 343 g/mol. The van der Waals surface area contributed by atoms with Gasteiger partial charge in [0.25, 0.3) is 5.52 Å². The standard InChI is InChI=1S/C14H13N7O2S/c1-2-5-17-14(24)19-18-8-9-3-4-10-11(6-9)20(22)12(7-15)13(16)21(10)23/h2-4,6,8H,1,5,16H2,(H2,17,19,24)/b18-8+. The number of benzene rings is 1. The molecule has 1 heterocycles. The Morgan fingerprint density at radius 2 is 2.17 bits per heavy atom. The van der Waals surface area contributed by atoms with Crippen molar-refractivity contribution >= 4 is 40.4 Å². The van der Waals surface area contributed by atoms with Gasteiger partial charge in [-0.2, -0.15) is 10.4 Å². The van der Waals surface area contributed by atoms with Gasteiger partial charge in [0, 0.05) is 18.2 Å². The molecule has 0 bridgehead atoms. The predicted molar refractivity (Wildman–Crippen MR) is 92.5 cm³/mol. The van der Waals surface area contributed by atoms with E-state index < -0.39 is 11.5 Å². The first kappa shape index (κ1) is 16.9. The van der Waals surface area contributed by atoms with Gasteiger partial charge in [-0.15, -0.1) is 11.3 Å². The Balaban J connectivity index is 2.33. The Kier molecular flexibility index (Phi) is 5.08. The van der Waals surface area contributed by atoms with Gasteiger partial charge >= 0.3 is 11.5 Å². The van der Waals surface area contributed by atoms with Crippen LogP contribution < -0.4 is 25.9 Å². The summed E-state index contributed by atoms with van der Waals surface area (Å²) >= 11 is 4.96. The van der Waals surface area contributed by atoms with E-state index in [1.54, 1.807) is 18.2 Å². The molecule has 1 aromatic carbocycles. The van der Waals surface area contributed by atoms with Crippen LogP contribution in [0.2, 0.25) is 0 Å². The smallest absolute Gasteiger partial charge is 0.385 e. The molecule has 0 radical (unpaired) electrons. The Morgan fingerprint density at radius 3 is 2.83 bits per heavy atom. The number of thiocarbonyl (C=S) groups is 1. The lowest BCUT2D eigenvalue weighted by Crippen LogP contribution is -2.43. The molecule has 4 N–H and O–H groups in total. The summed E-state index contributed by atoms with van der Waals surface area (Å²) in [5.74, 6) is -0.443. The van der Waals surface area contributed by atoms with Crippen molar-refractivity contribution in [2.24, 2.45) is 5.10 Å². The van der Waals surface area contributed by atoms with Crippen molar-refractivity contribution in [1.29, 1.82) is 5.26 Å². The average Bonchev–Trinajstić information content (AvgIpc) is 2.58. The first-order valence-electron chi connectivity index (χ1n) is 6.65. The molecule has 0 aliphatic rings. The lowest BCUT2D eigenvalue weighted by Gasteiger charge is -2.10. The summed E-state index contributed by atoms with van der Waals surface area (Å²) in [6, 6.07) is 6.04. The average molecular weight is 343 g/mol. The molecule has 0 atom stereocenters. The third kappa shape index (κ3) is 3.31. The number of hydrogen-bond donors (Lipinski definition) is 3. The number of fused-ring (bicyclic) bond motifs is 1. The molecule has 0 fully saturated rings. The number of nitriles is 1. The summed E-state index contributed by atoms with van der Waals surface area (Å²) in [4.78, 5) is 0. The maximum absolute atomic E-state index is 12.1. The Morgan fingerprint density at radius 1 is 1.42 bits per heavy atom. The number of anilines is 1. The van der Waals surface area contributed by atoms with Crippen LogP contribution in [0.5, 0.6) is 0 Å². The van der Waals surface area contributed by atoms with Crippen molar-refractivity contribution in [2.45, 2.75) is 0 Å². The van der Waals surface area contributed by atoms with E-state index in [0.29, 0.717) is 26.7 Å². The van der Waals surface area contributed by atoms with Gasteiger partial charge < -0.3 is 15.7 Å². The minimum atomic E-state index is -0.459. The van der Waals surface area contributed by atoms with Crippen LogP contribution in [0.4, 0.5) is 5.82 Å². The van der Waals surface area contributed by atoms with E-state index in [0.717, 1.165) is 0 Å². The molecule has 0 saturated carbocycles. The predicted octanol–water partition coefficient (Wildman–Crippen LogP) is -0.456. The summed E-state index contributed by atoms with van der Waals surface area (Å²) in [6.45, 7) is 4.04. The van der Waals surface area contributed by atoms with Crippen LogP contribution in [-0.4, -0.2) is 17.9 Å². The van der Waals surface area contributed by atoms with Crippen LogP contribution >= 0.6 is 12.2 Å². The van der Waals surface area contributed by atoms with Crippen molar-refractivity contribution in [3.05, 3.63) is 52.5 Å². The Labute approximate surface area is 142 Å². The van der Waals surface area contributed by atoms with E-state index >= 15 is 0 Å². The molecule has 1 aromatic heterocycles. The van der Waals surface area contributed by atoms with Gasteiger partial charge in [0.2, 0.25) is 5.52 Å². The van der Waals surface area contributed by atoms with Gasteiger partial charge in [-0.1, -0.05) is 6.08 Å². The maximum atomic E-state index is 12.1. The highest BCUT2D eigenvalue weighted by Crippen LogP contribution is 2.11. The van der Waals surface area contributed by atoms with Gasteiger partial charge in [-0.3, -0.25) is 11.2 Å². The van der Waals surface area contributed by atoms with Crippen molar-refractivity contribution < 1.29 is 9.46 Å². The Hall–Kier alpha value is -3.45. The topological polar surface area (TPSA) is 140 Å². The molecule has 0 saturated heterocycles. The molecule has 0 aliphatic heterocycles. The second kappa shape index (κ2) is 7.21. The molecule has 24 heavy (non-hydrogen) atoms. The lowest BCUT2D eigenvalue weighted by atomic mass is 10.2.